The number of hydrogen-bond acceptors (Lipinski definition) is 3. The number of nitrogens with zero attached hydrogens (tertiary/aromatic N) is 1. The molecule has 3 nitrogen and oxygen atoms in total. The molecular formula is C12H10N2OS. The fourth-order valence-electron chi connectivity index (χ4n) is 1.29. The smallest absolute Gasteiger partial charge is 0.250 e. The van der Waals surface area contributed by atoms with E-state index in [-0.39, 0.29) is 0 Å². The number of carbonyl (C=O) groups is 1. The van der Waals surface area contributed by atoms with Crippen LogP contribution in [0.4, 0.5) is 5.69 Å². The molecule has 0 fully saturated rings. The average molecular weight is 230 g/mol. The Hall–Kier alpha value is -1.94. The Morgan fingerprint density at radius 3 is 2.75 bits per heavy atom. The van der Waals surface area contributed by atoms with Crippen LogP contribution in [0, 0.1) is 0 Å². The van der Waals surface area contributed by atoms with Crippen molar-refractivity contribution in [2.75, 3.05) is 0 Å². The summed E-state index contributed by atoms with van der Waals surface area (Å²) >= 11 is 1.59. The molecule has 1 heterocycles. The molecule has 1 amide bonds. The predicted molar refractivity (Wildman–Crippen MR) is 66.5 cm³/mol. The number of aliphatic imine (C=N–C) groups is 1. The maximum absolute atomic E-state index is 11.1. The van der Waals surface area contributed by atoms with Gasteiger partial charge < -0.3 is 5.73 Å². The van der Waals surface area contributed by atoms with E-state index in [9.17, 15) is 4.79 Å². The highest BCUT2D eigenvalue weighted by atomic mass is 32.1. The van der Waals surface area contributed by atoms with Crippen molar-refractivity contribution in [3.8, 4) is 0 Å². The van der Waals surface area contributed by atoms with Gasteiger partial charge in [0.05, 0.1) is 11.3 Å². The zero-order valence-electron chi connectivity index (χ0n) is 8.46. The molecule has 0 atom stereocenters. The first-order valence-corrected chi connectivity index (χ1v) is 5.62. The summed E-state index contributed by atoms with van der Waals surface area (Å²) < 4.78 is 0. The monoisotopic (exact) mass is 230 g/mol. The number of primary amides is 1. The molecule has 2 aromatic rings. The second kappa shape index (κ2) is 4.72. The third kappa shape index (κ3) is 2.35. The number of thiophene rings is 1. The minimum Gasteiger partial charge on any atom is -0.366 e. The summed E-state index contributed by atoms with van der Waals surface area (Å²) in [5.41, 5.74) is 6.29. The van der Waals surface area contributed by atoms with Crippen molar-refractivity contribution < 1.29 is 4.79 Å². The molecule has 0 saturated heterocycles. The van der Waals surface area contributed by atoms with Gasteiger partial charge in [-0.05, 0) is 23.6 Å². The van der Waals surface area contributed by atoms with Crippen LogP contribution >= 0.6 is 11.3 Å². The zero-order valence-corrected chi connectivity index (χ0v) is 9.28. The van der Waals surface area contributed by atoms with Gasteiger partial charge in [-0.15, -0.1) is 11.3 Å². The summed E-state index contributed by atoms with van der Waals surface area (Å²) in [7, 11) is 0. The lowest BCUT2D eigenvalue weighted by Crippen LogP contribution is -2.10. The van der Waals surface area contributed by atoms with Crippen LogP contribution < -0.4 is 5.73 Å². The maximum Gasteiger partial charge on any atom is 0.250 e. The van der Waals surface area contributed by atoms with Crippen LogP contribution in [0.15, 0.2) is 46.8 Å². The first-order valence-electron chi connectivity index (χ1n) is 4.74. The number of rotatable bonds is 3. The Bertz CT molecular complexity index is 518. The molecule has 0 aliphatic carbocycles. The molecule has 0 saturated carbocycles. The van der Waals surface area contributed by atoms with Gasteiger partial charge in [0.1, 0.15) is 0 Å². The first-order chi connectivity index (χ1) is 7.77. The molecule has 2 rings (SSSR count). The Labute approximate surface area is 97.3 Å². The van der Waals surface area contributed by atoms with Gasteiger partial charge in [0.2, 0.25) is 0 Å². The van der Waals surface area contributed by atoms with Crippen LogP contribution in [0.2, 0.25) is 0 Å². The standard InChI is InChI=1S/C12H10N2OS/c13-12(15)10-5-1-2-6-11(10)14-8-9-4-3-7-16-9/h1-8H,(H2,13,15). The molecule has 16 heavy (non-hydrogen) atoms. The number of nitrogens with two attached hydrogens (primary N) is 1. The van der Waals surface area contributed by atoms with Crippen LogP contribution in [0.25, 0.3) is 0 Å². The van der Waals surface area contributed by atoms with E-state index in [2.05, 4.69) is 4.99 Å². The molecule has 0 aliphatic heterocycles. The quantitative estimate of drug-likeness (QED) is 0.809. The molecule has 0 radical (unpaired) electrons. The SMILES string of the molecule is NC(=O)c1ccccc1N=Cc1cccs1. The lowest BCUT2D eigenvalue weighted by atomic mass is 10.2. The fourth-order valence-corrected chi connectivity index (χ4v) is 1.88. The molecule has 1 aromatic heterocycles. The molecule has 0 aliphatic rings. The Kier molecular flexibility index (Phi) is 3.12. The van der Waals surface area contributed by atoms with E-state index in [1.165, 1.54) is 0 Å². The summed E-state index contributed by atoms with van der Waals surface area (Å²) in [4.78, 5) is 16.4. The summed E-state index contributed by atoms with van der Waals surface area (Å²) in [6, 6.07) is 10.9. The van der Waals surface area contributed by atoms with Gasteiger partial charge in [-0.25, -0.2) is 0 Å². The molecule has 2 N–H and O–H groups in total. The van der Waals surface area contributed by atoms with E-state index in [4.69, 9.17) is 5.73 Å². The van der Waals surface area contributed by atoms with Crippen molar-refractivity contribution in [2.45, 2.75) is 0 Å². The van der Waals surface area contributed by atoms with Gasteiger partial charge in [-0.2, -0.15) is 0 Å². The highest BCUT2D eigenvalue weighted by Gasteiger charge is 2.04. The van der Waals surface area contributed by atoms with Crippen molar-refractivity contribution in [3.05, 3.63) is 52.2 Å². The number of amides is 1. The van der Waals surface area contributed by atoms with Crippen LogP contribution in [0.5, 0.6) is 0 Å². The van der Waals surface area contributed by atoms with Gasteiger partial charge in [0.25, 0.3) is 5.91 Å². The highest BCUT2D eigenvalue weighted by Crippen LogP contribution is 2.18. The first kappa shape index (κ1) is 10.6. The molecular weight excluding hydrogens is 220 g/mol. The van der Waals surface area contributed by atoms with Crippen molar-refractivity contribution in [1.82, 2.24) is 0 Å². The molecule has 0 unspecified atom stereocenters. The largest absolute Gasteiger partial charge is 0.366 e. The van der Waals surface area contributed by atoms with Gasteiger partial charge >= 0.3 is 0 Å². The van der Waals surface area contributed by atoms with Crippen LogP contribution in [-0.2, 0) is 0 Å². The van der Waals surface area contributed by atoms with E-state index >= 15 is 0 Å². The summed E-state index contributed by atoms with van der Waals surface area (Å²) in [5, 5.41) is 1.97. The third-order valence-electron chi connectivity index (χ3n) is 2.04. The third-order valence-corrected chi connectivity index (χ3v) is 2.85. The van der Waals surface area contributed by atoms with Crippen molar-refractivity contribution in [1.29, 1.82) is 0 Å². The fraction of sp³-hybridized carbons (Fsp3) is 0. The Balaban J connectivity index is 2.31. The van der Waals surface area contributed by atoms with Gasteiger partial charge in [0.15, 0.2) is 0 Å². The van der Waals surface area contributed by atoms with Crippen molar-refractivity contribution in [3.63, 3.8) is 0 Å². The summed E-state index contributed by atoms with van der Waals surface area (Å²) in [5.74, 6) is -0.459. The van der Waals surface area contributed by atoms with Gasteiger partial charge in [-0.3, -0.25) is 9.79 Å². The van der Waals surface area contributed by atoms with Crippen LogP contribution in [0.3, 0.4) is 0 Å². The summed E-state index contributed by atoms with van der Waals surface area (Å²) in [6.07, 6.45) is 1.73. The van der Waals surface area contributed by atoms with E-state index in [0.717, 1.165) is 4.88 Å². The number of benzene rings is 1. The Morgan fingerprint density at radius 1 is 1.25 bits per heavy atom. The van der Waals surface area contributed by atoms with E-state index in [0.29, 0.717) is 11.3 Å². The number of hydrogen-bond donors (Lipinski definition) is 1. The van der Waals surface area contributed by atoms with E-state index < -0.39 is 5.91 Å². The Morgan fingerprint density at radius 2 is 2.06 bits per heavy atom. The average Bonchev–Trinajstić information content (AvgIpc) is 2.79. The molecule has 80 valence electrons. The molecule has 0 bridgehead atoms. The van der Waals surface area contributed by atoms with Crippen LogP contribution in [0.1, 0.15) is 15.2 Å². The van der Waals surface area contributed by atoms with Crippen LogP contribution in [-0.4, -0.2) is 12.1 Å². The number of carbonyl (C=O) groups excluding carboxylic acids is 1. The molecule has 0 spiro atoms. The lowest BCUT2D eigenvalue weighted by Gasteiger charge is -1.99. The normalized spacial score (nSPS) is 10.8. The second-order valence-electron chi connectivity index (χ2n) is 3.16. The minimum atomic E-state index is -0.459. The van der Waals surface area contributed by atoms with Gasteiger partial charge in [0, 0.05) is 11.1 Å². The minimum absolute atomic E-state index is 0.440. The van der Waals surface area contributed by atoms with Crippen molar-refractivity contribution >= 4 is 29.1 Å². The lowest BCUT2D eigenvalue weighted by molar-refractivity contribution is 0.100. The van der Waals surface area contributed by atoms with Crippen molar-refractivity contribution in [2.24, 2.45) is 10.7 Å². The maximum atomic E-state index is 11.1. The second-order valence-corrected chi connectivity index (χ2v) is 4.13. The van der Waals surface area contributed by atoms with Gasteiger partial charge in [-0.1, -0.05) is 18.2 Å². The molecule has 4 heteroatoms. The molecule has 1 aromatic carbocycles. The highest BCUT2D eigenvalue weighted by molar-refractivity contribution is 7.11. The number of para-hydroxylation sites is 1. The van der Waals surface area contributed by atoms with E-state index in [1.54, 1.807) is 35.8 Å². The van der Waals surface area contributed by atoms with E-state index in [1.807, 2.05) is 23.6 Å². The predicted octanol–water partition coefficient (Wildman–Crippen LogP) is 2.60. The topological polar surface area (TPSA) is 55.5 Å². The zero-order chi connectivity index (χ0) is 11.4. The summed E-state index contributed by atoms with van der Waals surface area (Å²) in [6.45, 7) is 0.